The van der Waals surface area contributed by atoms with Crippen molar-refractivity contribution < 1.29 is 19.1 Å². The zero-order valence-electron chi connectivity index (χ0n) is 19.6. The second kappa shape index (κ2) is 8.60. The lowest BCUT2D eigenvalue weighted by molar-refractivity contribution is -0.140. The molecular weight excluding hydrogens is 448 g/mol. The zero-order chi connectivity index (χ0) is 24.0. The Balaban J connectivity index is 1.01. The molecule has 0 unspecified atom stereocenters. The van der Waals surface area contributed by atoms with Crippen LogP contribution < -0.4 is 10.3 Å². The van der Waals surface area contributed by atoms with E-state index in [0.29, 0.717) is 44.3 Å². The first-order chi connectivity index (χ1) is 17.0. The number of nitrogens with one attached hydrogen (secondary N) is 1. The van der Waals surface area contributed by atoms with Gasteiger partial charge in [0.2, 0.25) is 5.91 Å². The van der Waals surface area contributed by atoms with Crippen molar-refractivity contribution in [3.05, 3.63) is 48.3 Å². The van der Waals surface area contributed by atoms with Gasteiger partial charge in [0, 0.05) is 38.3 Å². The van der Waals surface area contributed by atoms with Crippen LogP contribution in [0.4, 0.5) is 6.01 Å². The van der Waals surface area contributed by atoms with Crippen molar-refractivity contribution in [1.82, 2.24) is 19.5 Å². The van der Waals surface area contributed by atoms with E-state index in [1.165, 1.54) is 0 Å². The van der Waals surface area contributed by atoms with Crippen molar-refractivity contribution in [2.75, 3.05) is 49.7 Å². The molecule has 2 amide bonds. The number of aromatic nitrogens is 2. The van der Waals surface area contributed by atoms with Crippen LogP contribution >= 0.6 is 0 Å². The van der Waals surface area contributed by atoms with Crippen molar-refractivity contribution >= 4 is 28.9 Å². The summed E-state index contributed by atoms with van der Waals surface area (Å²) in [6, 6.07) is 11.9. The number of anilines is 1. The van der Waals surface area contributed by atoms with Gasteiger partial charge in [0.25, 0.3) is 11.9 Å². The van der Waals surface area contributed by atoms with Gasteiger partial charge in [-0.05, 0) is 49.9 Å². The second-order valence-corrected chi connectivity index (χ2v) is 9.86. The van der Waals surface area contributed by atoms with Gasteiger partial charge in [0.05, 0.1) is 12.1 Å². The lowest BCUT2D eigenvalue weighted by atomic mass is 9.88. The van der Waals surface area contributed by atoms with Crippen molar-refractivity contribution in [1.29, 1.82) is 0 Å². The number of aliphatic hydroxyl groups is 1. The highest BCUT2D eigenvalue weighted by molar-refractivity contribution is 5.93. The maximum absolute atomic E-state index is 13.2. The minimum absolute atomic E-state index is 0.0255. The fourth-order valence-corrected chi connectivity index (χ4v) is 5.44. The molecule has 0 aliphatic carbocycles. The highest BCUT2D eigenvalue weighted by atomic mass is 16.4. The summed E-state index contributed by atoms with van der Waals surface area (Å²) in [5.41, 5.74) is 4.35. The summed E-state index contributed by atoms with van der Waals surface area (Å²) in [7, 11) is 0. The Morgan fingerprint density at radius 3 is 2.66 bits per heavy atom. The monoisotopic (exact) mass is 478 g/mol. The van der Waals surface area contributed by atoms with E-state index >= 15 is 0 Å². The number of β-amino-alcohol motifs (C(OH)–C–C–N with tert-alkyl or cyclic N) is 1. The van der Waals surface area contributed by atoms with Gasteiger partial charge in [-0.2, -0.15) is 4.98 Å². The Labute approximate surface area is 203 Å². The van der Waals surface area contributed by atoms with Crippen LogP contribution in [0, 0.1) is 5.92 Å². The van der Waals surface area contributed by atoms with Crippen LogP contribution in [0.15, 0.2) is 47.0 Å². The van der Waals surface area contributed by atoms with Gasteiger partial charge in [-0.3, -0.25) is 14.3 Å². The molecule has 2 N–H and O–H groups in total. The lowest BCUT2D eigenvalue weighted by Crippen LogP contribution is -2.56. The van der Waals surface area contributed by atoms with E-state index in [-0.39, 0.29) is 24.3 Å². The fourth-order valence-electron chi connectivity index (χ4n) is 5.44. The number of likely N-dealkylation sites (tertiary alicyclic amines) is 1. The van der Waals surface area contributed by atoms with E-state index in [1.54, 1.807) is 21.8 Å². The Kier molecular flexibility index (Phi) is 5.40. The number of piperidine rings is 2. The molecular formula is C25H30N6O4. The van der Waals surface area contributed by atoms with Crippen LogP contribution in [0.5, 0.6) is 0 Å². The average molecular weight is 479 g/mol. The summed E-state index contributed by atoms with van der Waals surface area (Å²) >= 11 is 0. The maximum Gasteiger partial charge on any atom is 0.298 e. The van der Waals surface area contributed by atoms with Crippen LogP contribution in [-0.2, 0) is 4.79 Å². The van der Waals surface area contributed by atoms with E-state index in [4.69, 9.17) is 4.42 Å². The topological polar surface area (TPSA) is 107 Å². The first-order valence-electron chi connectivity index (χ1n) is 12.3. The fraction of sp³-hybridized carbons (Fsp3) is 0.480. The Morgan fingerprint density at radius 1 is 1.11 bits per heavy atom. The van der Waals surface area contributed by atoms with Crippen LogP contribution in [0.3, 0.4) is 0 Å². The smallest absolute Gasteiger partial charge is 0.298 e. The molecule has 3 aliphatic rings. The van der Waals surface area contributed by atoms with Gasteiger partial charge in [0.15, 0.2) is 5.58 Å². The molecule has 35 heavy (non-hydrogen) atoms. The predicted octanol–water partition coefficient (Wildman–Crippen LogP) is 1.86. The normalized spacial score (nSPS) is 20.7. The van der Waals surface area contributed by atoms with Crippen LogP contribution in [0.1, 0.15) is 36.2 Å². The molecule has 1 aromatic carbocycles. The van der Waals surface area contributed by atoms with Crippen LogP contribution in [-0.4, -0.2) is 81.4 Å². The zero-order valence-corrected chi connectivity index (χ0v) is 19.6. The number of carbonyl (C=O) groups is 2. The maximum atomic E-state index is 13.2. The highest BCUT2D eigenvalue weighted by Gasteiger charge is 2.39. The third-order valence-electron chi connectivity index (χ3n) is 7.58. The minimum atomic E-state index is -0.987. The number of fused-ring (bicyclic) bond motifs is 2. The summed E-state index contributed by atoms with van der Waals surface area (Å²) < 4.78 is 7.59. The number of amides is 2. The lowest BCUT2D eigenvalue weighted by Gasteiger charge is -2.43. The number of nitrogens with zero attached hydrogens (tertiary/aromatic N) is 5. The number of rotatable bonds is 4. The van der Waals surface area contributed by atoms with Gasteiger partial charge in [-0.15, -0.1) is 0 Å². The third-order valence-corrected chi connectivity index (χ3v) is 7.58. The van der Waals surface area contributed by atoms with E-state index < -0.39 is 5.60 Å². The molecule has 10 nitrogen and oxygen atoms in total. The standard InChI is InChI=1S/C25H30N6O4/c32-22(18-7-12-29(13-8-18)24-27-19-4-1-2-6-21(19)35-24)28-14-9-25(34,10-15-28)16-30-17-26-31-11-3-5-20(31)23(30)33/h1-6,11,18,26,34H,7-10,12-17H2. The molecule has 3 aromatic rings. The van der Waals surface area contributed by atoms with E-state index in [1.807, 2.05) is 35.2 Å². The van der Waals surface area contributed by atoms with Gasteiger partial charge in [-0.25, -0.2) is 0 Å². The number of hydrogen-bond acceptors (Lipinski definition) is 7. The molecule has 0 atom stereocenters. The van der Waals surface area contributed by atoms with Gasteiger partial charge >= 0.3 is 0 Å². The first-order valence-corrected chi connectivity index (χ1v) is 12.3. The van der Waals surface area contributed by atoms with Crippen molar-refractivity contribution in [3.63, 3.8) is 0 Å². The van der Waals surface area contributed by atoms with E-state index in [2.05, 4.69) is 15.3 Å². The number of benzene rings is 1. The molecule has 184 valence electrons. The first kappa shape index (κ1) is 22.0. The van der Waals surface area contributed by atoms with Gasteiger partial charge in [0.1, 0.15) is 17.9 Å². The van der Waals surface area contributed by atoms with Crippen molar-refractivity contribution in [2.45, 2.75) is 31.3 Å². The van der Waals surface area contributed by atoms with Crippen molar-refractivity contribution in [3.8, 4) is 0 Å². The molecule has 0 radical (unpaired) electrons. The number of oxazole rings is 1. The Bertz CT molecular complexity index is 1200. The molecule has 3 aliphatic heterocycles. The molecule has 0 saturated carbocycles. The van der Waals surface area contributed by atoms with Gasteiger partial charge in [-0.1, -0.05) is 12.1 Å². The minimum Gasteiger partial charge on any atom is -0.423 e. The summed E-state index contributed by atoms with van der Waals surface area (Å²) in [6.45, 7) is 3.08. The molecule has 2 aromatic heterocycles. The molecule has 0 spiro atoms. The molecule has 2 fully saturated rings. The summed E-state index contributed by atoms with van der Waals surface area (Å²) in [5, 5.41) is 11.2. The molecule has 5 heterocycles. The van der Waals surface area contributed by atoms with E-state index in [0.717, 1.165) is 37.0 Å². The second-order valence-electron chi connectivity index (χ2n) is 9.86. The number of hydrogen-bond donors (Lipinski definition) is 2. The van der Waals surface area contributed by atoms with Gasteiger partial charge < -0.3 is 29.6 Å². The summed E-state index contributed by atoms with van der Waals surface area (Å²) in [5.74, 6) is 0.0478. The average Bonchev–Trinajstić information content (AvgIpc) is 3.54. The van der Waals surface area contributed by atoms with Crippen LogP contribution in [0.25, 0.3) is 11.1 Å². The molecule has 2 saturated heterocycles. The number of para-hydroxylation sites is 2. The Morgan fingerprint density at radius 2 is 1.89 bits per heavy atom. The third kappa shape index (κ3) is 4.12. The van der Waals surface area contributed by atoms with E-state index in [9.17, 15) is 14.7 Å². The summed E-state index contributed by atoms with van der Waals surface area (Å²) in [4.78, 5) is 36.2. The quantitative estimate of drug-likeness (QED) is 0.589. The predicted molar refractivity (Wildman–Crippen MR) is 129 cm³/mol. The molecule has 10 heteroatoms. The largest absolute Gasteiger partial charge is 0.423 e. The highest BCUT2D eigenvalue weighted by Crippen LogP contribution is 2.30. The SMILES string of the molecule is O=C1c2cccn2NCN1CC1(O)CCN(C(=O)C2CCN(c3nc4ccccc4o3)CC2)CC1. The van der Waals surface area contributed by atoms with Crippen molar-refractivity contribution in [2.24, 2.45) is 5.92 Å². The number of carbonyl (C=O) groups excluding carboxylic acids is 2. The summed E-state index contributed by atoms with van der Waals surface area (Å²) in [6.07, 6.45) is 4.25. The van der Waals surface area contributed by atoms with Crippen LogP contribution in [0.2, 0.25) is 0 Å². The molecule has 0 bridgehead atoms. The Hall–Kier alpha value is -3.53. The molecule has 6 rings (SSSR count).